The highest BCUT2D eigenvalue weighted by Crippen LogP contribution is 2.30. The highest BCUT2D eigenvalue weighted by molar-refractivity contribution is 5.89. The van der Waals surface area contributed by atoms with Crippen LogP contribution in [0.3, 0.4) is 0 Å². The zero-order valence-electron chi connectivity index (χ0n) is 11.8. The highest BCUT2D eigenvalue weighted by Gasteiger charge is 2.38. The SMILES string of the molecule is Cc1cccc(NC(C)(C(N)=O)c2c(F)cccc2F)c1. The van der Waals surface area contributed by atoms with Gasteiger partial charge in [0.25, 0.3) is 0 Å². The van der Waals surface area contributed by atoms with Crippen molar-refractivity contribution in [2.24, 2.45) is 5.73 Å². The molecule has 0 heterocycles. The fourth-order valence-electron chi connectivity index (χ4n) is 2.23. The first-order valence-electron chi connectivity index (χ1n) is 6.44. The summed E-state index contributed by atoms with van der Waals surface area (Å²) in [5, 5.41) is 2.84. The number of nitrogens with two attached hydrogens (primary N) is 1. The lowest BCUT2D eigenvalue weighted by Crippen LogP contribution is -2.46. The molecule has 21 heavy (non-hydrogen) atoms. The van der Waals surface area contributed by atoms with Crippen molar-refractivity contribution in [2.45, 2.75) is 19.4 Å². The van der Waals surface area contributed by atoms with Gasteiger partial charge in [0.15, 0.2) is 0 Å². The Labute approximate surface area is 121 Å². The Morgan fingerprint density at radius 2 is 1.71 bits per heavy atom. The van der Waals surface area contributed by atoms with E-state index < -0.39 is 23.1 Å². The van der Waals surface area contributed by atoms with Crippen LogP contribution >= 0.6 is 0 Å². The molecule has 0 aromatic heterocycles. The molecule has 0 fully saturated rings. The van der Waals surface area contributed by atoms with Crippen molar-refractivity contribution in [3.63, 3.8) is 0 Å². The fourth-order valence-corrected chi connectivity index (χ4v) is 2.23. The highest BCUT2D eigenvalue weighted by atomic mass is 19.1. The number of carbonyl (C=O) groups excluding carboxylic acids is 1. The van der Waals surface area contributed by atoms with E-state index in [0.717, 1.165) is 17.7 Å². The number of benzene rings is 2. The van der Waals surface area contributed by atoms with Crippen molar-refractivity contribution >= 4 is 11.6 Å². The van der Waals surface area contributed by atoms with Crippen LogP contribution in [0.5, 0.6) is 0 Å². The topological polar surface area (TPSA) is 55.1 Å². The number of amides is 1. The minimum absolute atomic E-state index is 0.390. The van der Waals surface area contributed by atoms with E-state index in [0.29, 0.717) is 5.69 Å². The lowest BCUT2D eigenvalue weighted by atomic mass is 9.89. The Kier molecular flexibility index (Phi) is 3.93. The van der Waals surface area contributed by atoms with E-state index in [1.807, 2.05) is 13.0 Å². The van der Waals surface area contributed by atoms with Crippen LogP contribution in [0.2, 0.25) is 0 Å². The molecule has 1 amide bonds. The number of primary amides is 1. The van der Waals surface area contributed by atoms with Gasteiger partial charge in [-0.3, -0.25) is 4.79 Å². The average molecular weight is 290 g/mol. The predicted molar refractivity (Wildman–Crippen MR) is 77.7 cm³/mol. The smallest absolute Gasteiger partial charge is 0.247 e. The number of nitrogens with one attached hydrogen (secondary N) is 1. The Bertz CT molecular complexity index is 667. The second-order valence-corrected chi connectivity index (χ2v) is 5.08. The number of halogens is 2. The molecular formula is C16H16F2N2O. The number of aryl methyl sites for hydroxylation is 1. The van der Waals surface area contributed by atoms with Crippen LogP contribution in [0.1, 0.15) is 18.1 Å². The Morgan fingerprint density at radius 3 is 2.24 bits per heavy atom. The zero-order chi connectivity index (χ0) is 15.6. The molecule has 110 valence electrons. The van der Waals surface area contributed by atoms with Crippen LogP contribution in [0.4, 0.5) is 14.5 Å². The molecule has 2 aromatic rings. The molecule has 2 rings (SSSR count). The maximum atomic E-state index is 14.0. The van der Waals surface area contributed by atoms with Crippen molar-refractivity contribution in [1.29, 1.82) is 0 Å². The maximum Gasteiger partial charge on any atom is 0.247 e. The normalized spacial score (nSPS) is 13.5. The molecule has 3 N–H and O–H groups in total. The largest absolute Gasteiger partial charge is 0.368 e. The molecule has 3 nitrogen and oxygen atoms in total. The molecule has 0 radical (unpaired) electrons. The van der Waals surface area contributed by atoms with Gasteiger partial charge in [-0.25, -0.2) is 8.78 Å². The first-order chi connectivity index (χ1) is 9.84. The minimum Gasteiger partial charge on any atom is -0.368 e. The summed E-state index contributed by atoms with van der Waals surface area (Å²) < 4.78 is 28.0. The molecule has 0 saturated heterocycles. The second-order valence-electron chi connectivity index (χ2n) is 5.08. The summed E-state index contributed by atoms with van der Waals surface area (Å²) in [4.78, 5) is 11.8. The van der Waals surface area contributed by atoms with E-state index in [1.54, 1.807) is 18.2 Å². The van der Waals surface area contributed by atoms with Gasteiger partial charge in [0.1, 0.15) is 17.2 Å². The van der Waals surface area contributed by atoms with Crippen LogP contribution in [0.15, 0.2) is 42.5 Å². The Morgan fingerprint density at radius 1 is 1.14 bits per heavy atom. The average Bonchev–Trinajstić information content (AvgIpc) is 2.38. The molecule has 0 saturated carbocycles. The van der Waals surface area contributed by atoms with Crippen LogP contribution in [-0.4, -0.2) is 5.91 Å². The van der Waals surface area contributed by atoms with Gasteiger partial charge in [-0.2, -0.15) is 0 Å². The van der Waals surface area contributed by atoms with Gasteiger partial charge in [0.2, 0.25) is 5.91 Å². The second kappa shape index (κ2) is 5.52. The van der Waals surface area contributed by atoms with E-state index >= 15 is 0 Å². The lowest BCUT2D eigenvalue weighted by molar-refractivity contribution is -0.122. The first kappa shape index (κ1) is 15.0. The Balaban J connectivity index is 2.53. The van der Waals surface area contributed by atoms with E-state index in [9.17, 15) is 13.6 Å². The standard InChI is InChI=1S/C16H16F2N2O/c1-10-5-3-6-11(9-10)20-16(2,15(19)21)14-12(17)7-4-8-13(14)18/h3-9,20H,1-2H3,(H2,19,21). The predicted octanol–water partition coefficient (Wildman–Crippen LogP) is 3.09. The number of carbonyl (C=O) groups is 1. The summed E-state index contributed by atoms with van der Waals surface area (Å²) >= 11 is 0. The molecule has 1 atom stereocenters. The van der Waals surface area contributed by atoms with Crippen LogP contribution in [-0.2, 0) is 10.3 Å². The minimum atomic E-state index is -1.69. The van der Waals surface area contributed by atoms with Crippen molar-refractivity contribution in [3.05, 3.63) is 65.2 Å². The molecule has 1 unspecified atom stereocenters. The van der Waals surface area contributed by atoms with Gasteiger partial charge in [-0.15, -0.1) is 0 Å². The van der Waals surface area contributed by atoms with Crippen LogP contribution in [0, 0.1) is 18.6 Å². The first-order valence-corrected chi connectivity index (χ1v) is 6.44. The molecule has 0 aliphatic heterocycles. The summed E-state index contributed by atoms with van der Waals surface area (Å²) in [6.45, 7) is 3.23. The van der Waals surface area contributed by atoms with Crippen LogP contribution in [0.25, 0.3) is 0 Å². The van der Waals surface area contributed by atoms with Gasteiger partial charge in [0, 0.05) is 5.69 Å². The molecule has 2 aromatic carbocycles. The molecule has 0 spiro atoms. The quantitative estimate of drug-likeness (QED) is 0.909. The summed E-state index contributed by atoms with van der Waals surface area (Å²) in [5.74, 6) is -2.51. The summed E-state index contributed by atoms with van der Waals surface area (Å²) in [6.07, 6.45) is 0. The maximum absolute atomic E-state index is 14.0. The molecular weight excluding hydrogens is 274 g/mol. The third-order valence-corrected chi connectivity index (χ3v) is 3.37. The molecule has 0 aliphatic rings. The zero-order valence-corrected chi connectivity index (χ0v) is 11.8. The summed E-state index contributed by atoms with van der Waals surface area (Å²) in [6, 6.07) is 10.5. The van der Waals surface area contributed by atoms with Gasteiger partial charge < -0.3 is 11.1 Å². The number of rotatable bonds is 4. The summed E-state index contributed by atoms with van der Waals surface area (Å²) in [5.41, 5.74) is 4.81. The van der Waals surface area contributed by atoms with Crippen molar-refractivity contribution < 1.29 is 13.6 Å². The van der Waals surface area contributed by atoms with E-state index in [1.165, 1.54) is 13.0 Å². The van der Waals surface area contributed by atoms with Crippen molar-refractivity contribution in [3.8, 4) is 0 Å². The molecule has 5 heteroatoms. The van der Waals surface area contributed by atoms with E-state index in [-0.39, 0.29) is 5.56 Å². The summed E-state index contributed by atoms with van der Waals surface area (Å²) in [7, 11) is 0. The van der Waals surface area contributed by atoms with Crippen molar-refractivity contribution in [2.75, 3.05) is 5.32 Å². The van der Waals surface area contributed by atoms with Gasteiger partial charge >= 0.3 is 0 Å². The van der Waals surface area contributed by atoms with Crippen LogP contribution < -0.4 is 11.1 Å². The van der Waals surface area contributed by atoms with Gasteiger partial charge in [-0.05, 0) is 43.7 Å². The number of hydrogen-bond acceptors (Lipinski definition) is 2. The van der Waals surface area contributed by atoms with E-state index in [4.69, 9.17) is 5.73 Å². The Hall–Kier alpha value is -2.43. The third kappa shape index (κ3) is 2.86. The molecule has 0 bridgehead atoms. The number of hydrogen-bond donors (Lipinski definition) is 2. The molecule has 0 aliphatic carbocycles. The third-order valence-electron chi connectivity index (χ3n) is 3.37. The monoisotopic (exact) mass is 290 g/mol. The van der Waals surface area contributed by atoms with Gasteiger partial charge in [-0.1, -0.05) is 18.2 Å². The van der Waals surface area contributed by atoms with Crippen molar-refractivity contribution in [1.82, 2.24) is 0 Å². The van der Waals surface area contributed by atoms with Gasteiger partial charge in [0.05, 0.1) is 5.56 Å². The lowest BCUT2D eigenvalue weighted by Gasteiger charge is -2.30. The fraction of sp³-hybridized carbons (Fsp3) is 0.188. The van der Waals surface area contributed by atoms with E-state index in [2.05, 4.69) is 5.32 Å². The number of anilines is 1.